The fourth-order valence-electron chi connectivity index (χ4n) is 2.49. The van der Waals surface area contributed by atoms with E-state index in [1.807, 2.05) is 0 Å². The number of carboxylic acid groups (broad SMARTS) is 1. The molecule has 1 aliphatic rings. The van der Waals surface area contributed by atoms with Gasteiger partial charge in [0.1, 0.15) is 11.6 Å². The summed E-state index contributed by atoms with van der Waals surface area (Å²) in [7, 11) is 0. The molecule has 24 heavy (non-hydrogen) atoms. The van der Waals surface area contributed by atoms with E-state index in [-0.39, 0.29) is 11.1 Å². The Labute approximate surface area is 133 Å². The Morgan fingerprint density at radius 1 is 1.12 bits per heavy atom. The standard InChI is InChI=1S/C17H10F4O3/c18-13-8-10(5-6-12(13)17(19,20)21)15-11(16(22)23)7-9-3-1-2-4-14(9)24-15/h1-8,15H,(H,22,23). The minimum atomic E-state index is -4.83. The maximum Gasteiger partial charge on any atom is 0.419 e. The lowest BCUT2D eigenvalue weighted by Crippen LogP contribution is -2.20. The number of benzene rings is 2. The van der Waals surface area contributed by atoms with Gasteiger partial charge < -0.3 is 9.84 Å². The molecule has 1 atom stereocenters. The Balaban J connectivity index is 2.06. The smallest absolute Gasteiger partial charge is 0.419 e. The number of rotatable bonds is 2. The molecular weight excluding hydrogens is 328 g/mol. The lowest BCUT2D eigenvalue weighted by atomic mass is 9.95. The van der Waals surface area contributed by atoms with Crippen LogP contribution in [0.2, 0.25) is 0 Å². The highest BCUT2D eigenvalue weighted by Crippen LogP contribution is 2.39. The number of para-hydroxylation sites is 1. The highest BCUT2D eigenvalue weighted by atomic mass is 19.4. The van der Waals surface area contributed by atoms with Crippen molar-refractivity contribution in [1.29, 1.82) is 0 Å². The number of carbonyl (C=O) groups is 1. The summed E-state index contributed by atoms with van der Waals surface area (Å²) in [5.74, 6) is -2.41. The lowest BCUT2D eigenvalue weighted by Gasteiger charge is -2.26. The minimum absolute atomic E-state index is 0.0105. The van der Waals surface area contributed by atoms with Crippen LogP contribution in [-0.4, -0.2) is 11.1 Å². The van der Waals surface area contributed by atoms with E-state index < -0.39 is 29.6 Å². The summed E-state index contributed by atoms with van der Waals surface area (Å²) in [6.07, 6.45) is -4.66. The van der Waals surface area contributed by atoms with E-state index >= 15 is 0 Å². The Morgan fingerprint density at radius 2 is 1.83 bits per heavy atom. The second-order valence-corrected chi connectivity index (χ2v) is 5.18. The number of hydrogen-bond donors (Lipinski definition) is 1. The van der Waals surface area contributed by atoms with Crippen LogP contribution in [0.5, 0.6) is 5.75 Å². The predicted octanol–water partition coefficient (Wildman–Crippen LogP) is 4.45. The Morgan fingerprint density at radius 3 is 2.46 bits per heavy atom. The van der Waals surface area contributed by atoms with E-state index in [9.17, 15) is 27.5 Å². The van der Waals surface area contributed by atoms with E-state index in [1.54, 1.807) is 24.3 Å². The van der Waals surface area contributed by atoms with Crippen LogP contribution in [0.1, 0.15) is 22.8 Å². The first-order chi connectivity index (χ1) is 11.3. The van der Waals surface area contributed by atoms with Gasteiger partial charge in [0, 0.05) is 11.1 Å². The van der Waals surface area contributed by atoms with E-state index in [1.165, 1.54) is 6.08 Å². The van der Waals surface area contributed by atoms with Crippen LogP contribution in [0.15, 0.2) is 48.0 Å². The van der Waals surface area contributed by atoms with Crippen molar-refractivity contribution in [3.63, 3.8) is 0 Å². The molecule has 0 aliphatic carbocycles. The number of alkyl halides is 3. The Bertz CT molecular complexity index is 840. The molecule has 3 nitrogen and oxygen atoms in total. The topological polar surface area (TPSA) is 46.5 Å². The fraction of sp³-hybridized carbons (Fsp3) is 0.118. The van der Waals surface area contributed by atoms with Crippen LogP contribution in [0.25, 0.3) is 6.08 Å². The summed E-state index contributed by atoms with van der Waals surface area (Å²) in [5.41, 5.74) is -1.08. The summed E-state index contributed by atoms with van der Waals surface area (Å²) in [6, 6.07) is 8.84. The van der Waals surface area contributed by atoms with Crippen molar-refractivity contribution in [3.8, 4) is 5.75 Å². The average molecular weight is 338 g/mol. The minimum Gasteiger partial charge on any atom is -0.480 e. The number of hydrogen-bond acceptors (Lipinski definition) is 2. The molecule has 124 valence electrons. The largest absolute Gasteiger partial charge is 0.480 e. The zero-order valence-electron chi connectivity index (χ0n) is 12.0. The van der Waals surface area contributed by atoms with Crippen molar-refractivity contribution in [2.75, 3.05) is 0 Å². The van der Waals surface area contributed by atoms with Crippen molar-refractivity contribution < 1.29 is 32.2 Å². The van der Waals surface area contributed by atoms with Crippen LogP contribution in [-0.2, 0) is 11.0 Å². The average Bonchev–Trinajstić information content (AvgIpc) is 2.52. The first-order valence-corrected chi connectivity index (χ1v) is 6.84. The molecule has 1 unspecified atom stereocenters. The molecule has 2 aromatic carbocycles. The molecule has 0 amide bonds. The van der Waals surface area contributed by atoms with Crippen LogP contribution >= 0.6 is 0 Å². The Hall–Kier alpha value is -2.83. The molecule has 0 saturated heterocycles. The number of halogens is 4. The molecule has 0 saturated carbocycles. The van der Waals surface area contributed by atoms with Crippen LogP contribution < -0.4 is 4.74 Å². The van der Waals surface area contributed by atoms with Gasteiger partial charge in [0.05, 0.1) is 11.1 Å². The molecule has 1 N–H and O–H groups in total. The lowest BCUT2D eigenvalue weighted by molar-refractivity contribution is -0.140. The number of ether oxygens (including phenoxy) is 1. The van der Waals surface area contributed by atoms with Gasteiger partial charge in [-0.1, -0.05) is 24.3 Å². The van der Waals surface area contributed by atoms with Crippen LogP contribution in [0, 0.1) is 5.82 Å². The number of carboxylic acids is 1. The van der Waals surface area contributed by atoms with Gasteiger partial charge >= 0.3 is 12.1 Å². The third-order valence-corrected chi connectivity index (χ3v) is 3.61. The quantitative estimate of drug-likeness (QED) is 0.823. The number of aliphatic carboxylic acids is 1. The molecule has 1 aliphatic heterocycles. The third-order valence-electron chi connectivity index (χ3n) is 3.61. The maximum atomic E-state index is 13.8. The van der Waals surface area contributed by atoms with Crippen LogP contribution in [0.3, 0.4) is 0 Å². The van der Waals surface area contributed by atoms with Crippen molar-refractivity contribution in [2.24, 2.45) is 0 Å². The summed E-state index contributed by atoms with van der Waals surface area (Å²) in [5, 5.41) is 9.33. The molecule has 0 radical (unpaired) electrons. The Kier molecular flexibility index (Phi) is 3.79. The maximum absolute atomic E-state index is 13.8. The van der Waals surface area contributed by atoms with Gasteiger partial charge in [-0.25, -0.2) is 9.18 Å². The SMILES string of the molecule is O=C(O)C1=Cc2ccccc2OC1c1ccc(C(F)(F)F)c(F)c1. The summed E-state index contributed by atoms with van der Waals surface area (Å²) in [6.45, 7) is 0. The van der Waals surface area contributed by atoms with Crippen molar-refractivity contribution in [3.05, 3.63) is 70.5 Å². The highest BCUT2D eigenvalue weighted by molar-refractivity contribution is 5.95. The van der Waals surface area contributed by atoms with Crippen molar-refractivity contribution in [1.82, 2.24) is 0 Å². The molecule has 2 aromatic rings. The van der Waals surface area contributed by atoms with E-state index in [2.05, 4.69) is 0 Å². The van der Waals surface area contributed by atoms with Gasteiger partial charge in [0.2, 0.25) is 0 Å². The van der Waals surface area contributed by atoms with Gasteiger partial charge in [-0.05, 0) is 24.3 Å². The zero-order chi connectivity index (χ0) is 17.5. The predicted molar refractivity (Wildman–Crippen MR) is 76.8 cm³/mol. The normalized spacial score (nSPS) is 16.8. The van der Waals surface area contributed by atoms with Gasteiger partial charge in [-0.2, -0.15) is 13.2 Å². The molecule has 0 bridgehead atoms. The van der Waals surface area contributed by atoms with Crippen molar-refractivity contribution in [2.45, 2.75) is 12.3 Å². The summed E-state index contributed by atoms with van der Waals surface area (Å²) >= 11 is 0. The summed E-state index contributed by atoms with van der Waals surface area (Å²) < 4.78 is 57.3. The first kappa shape index (κ1) is 16.0. The summed E-state index contributed by atoms with van der Waals surface area (Å²) in [4.78, 5) is 11.4. The zero-order valence-corrected chi connectivity index (χ0v) is 12.0. The first-order valence-electron chi connectivity index (χ1n) is 6.84. The molecule has 0 fully saturated rings. The third kappa shape index (κ3) is 2.84. The van der Waals surface area contributed by atoms with Crippen molar-refractivity contribution >= 4 is 12.0 Å². The second-order valence-electron chi connectivity index (χ2n) is 5.18. The van der Waals surface area contributed by atoms with Gasteiger partial charge in [-0.3, -0.25) is 0 Å². The van der Waals surface area contributed by atoms with Gasteiger partial charge in [0.25, 0.3) is 0 Å². The molecule has 0 aromatic heterocycles. The molecule has 3 rings (SSSR count). The fourth-order valence-corrected chi connectivity index (χ4v) is 2.49. The molecule has 1 heterocycles. The van der Waals surface area contributed by atoms with Crippen LogP contribution in [0.4, 0.5) is 17.6 Å². The number of fused-ring (bicyclic) bond motifs is 1. The van der Waals surface area contributed by atoms with E-state index in [0.717, 1.165) is 6.07 Å². The van der Waals surface area contributed by atoms with E-state index in [0.29, 0.717) is 23.4 Å². The molecular formula is C17H10F4O3. The molecule has 0 spiro atoms. The van der Waals surface area contributed by atoms with E-state index in [4.69, 9.17) is 4.74 Å². The highest BCUT2D eigenvalue weighted by Gasteiger charge is 2.35. The monoisotopic (exact) mass is 338 g/mol. The van der Waals surface area contributed by atoms with Gasteiger partial charge in [0.15, 0.2) is 6.10 Å². The molecule has 7 heteroatoms. The van der Waals surface area contributed by atoms with Gasteiger partial charge in [-0.15, -0.1) is 0 Å². The second kappa shape index (κ2) is 5.67.